The maximum absolute atomic E-state index is 13.8. The first kappa shape index (κ1) is 19.8. The highest BCUT2D eigenvalue weighted by molar-refractivity contribution is 7.91. The van der Waals surface area contributed by atoms with Crippen molar-refractivity contribution in [2.24, 2.45) is 0 Å². The number of carbonyl (C=O) groups is 1. The van der Waals surface area contributed by atoms with Crippen molar-refractivity contribution in [1.82, 2.24) is 15.3 Å². The number of hydrogen-bond acceptors (Lipinski definition) is 4. The molecule has 2 aromatic carbocycles. The Morgan fingerprint density at radius 3 is 2.50 bits per heavy atom. The molecule has 152 valence electrons. The lowest BCUT2D eigenvalue weighted by Crippen LogP contribution is -2.23. The average molecular weight is 423 g/mol. The zero-order valence-electron chi connectivity index (χ0n) is 16.0. The molecule has 0 unspecified atom stereocenters. The van der Waals surface area contributed by atoms with Gasteiger partial charge in [0.1, 0.15) is 11.5 Å². The smallest absolute Gasteiger partial charge is 0.267 e. The van der Waals surface area contributed by atoms with E-state index in [1.54, 1.807) is 43.6 Å². The van der Waals surface area contributed by atoms with Crippen molar-refractivity contribution in [3.05, 3.63) is 89.6 Å². The van der Waals surface area contributed by atoms with Crippen molar-refractivity contribution >= 4 is 26.6 Å². The number of aryl methyl sites for hydroxylation is 1. The Labute approximate surface area is 172 Å². The lowest BCUT2D eigenvalue weighted by atomic mass is 10.2. The first-order chi connectivity index (χ1) is 14.3. The number of aromatic amines is 1. The van der Waals surface area contributed by atoms with Crippen LogP contribution < -0.4 is 5.32 Å². The second-order valence-electron chi connectivity index (χ2n) is 6.89. The van der Waals surface area contributed by atoms with E-state index in [2.05, 4.69) is 15.3 Å². The summed E-state index contributed by atoms with van der Waals surface area (Å²) < 4.78 is 39.2. The molecule has 0 atom stereocenters. The quantitative estimate of drug-likeness (QED) is 0.511. The van der Waals surface area contributed by atoms with Crippen LogP contribution in [0.5, 0.6) is 0 Å². The fraction of sp³-hybridized carbons (Fsp3) is 0.0909. The molecule has 2 heterocycles. The van der Waals surface area contributed by atoms with Crippen LogP contribution in [0.4, 0.5) is 4.39 Å². The van der Waals surface area contributed by atoms with Crippen LogP contribution in [-0.4, -0.2) is 24.3 Å². The van der Waals surface area contributed by atoms with Crippen LogP contribution in [0, 0.1) is 12.7 Å². The van der Waals surface area contributed by atoms with E-state index in [9.17, 15) is 17.6 Å². The SMILES string of the molecule is Cc1ccc(S(=O)(=O)c2ccc(CNC(=O)c3cc4cnccc4[nH]3)cc2)cc1F. The van der Waals surface area contributed by atoms with Crippen LogP contribution in [0.1, 0.15) is 21.6 Å². The number of amides is 1. The molecular weight excluding hydrogens is 405 g/mol. The zero-order valence-corrected chi connectivity index (χ0v) is 16.8. The molecule has 2 aromatic heterocycles. The van der Waals surface area contributed by atoms with Crippen molar-refractivity contribution in [1.29, 1.82) is 0 Å². The van der Waals surface area contributed by atoms with Gasteiger partial charge in [-0.1, -0.05) is 18.2 Å². The molecule has 2 N–H and O–H groups in total. The molecule has 4 aromatic rings. The van der Waals surface area contributed by atoms with Gasteiger partial charge in [-0.05, 0) is 54.4 Å². The molecule has 0 aliphatic carbocycles. The Balaban J connectivity index is 1.46. The van der Waals surface area contributed by atoms with Crippen LogP contribution >= 0.6 is 0 Å². The van der Waals surface area contributed by atoms with Gasteiger partial charge in [-0.3, -0.25) is 9.78 Å². The molecule has 0 saturated carbocycles. The van der Waals surface area contributed by atoms with Crippen LogP contribution in [0.25, 0.3) is 10.9 Å². The molecule has 0 radical (unpaired) electrons. The molecular formula is C22H18FN3O3S. The normalized spacial score (nSPS) is 11.5. The number of hydrogen-bond donors (Lipinski definition) is 2. The third-order valence-corrected chi connectivity index (χ3v) is 6.57. The molecule has 0 aliphatic rings. The number of carbonyl (C=O) groups excluding carboxylic acids is 1. The van der Waals surface area contributed by atoms with Crippen LogP contribution in [0.2, 0.25) is 0 Å². The summed E-state index contributed by atoms with van der Waals surface area (Å²) in [6.45, 7) is 1.80. The maximum atomic E-state index is 13.8. The number of nitrogens with one attached hydrogen (secondary N) is 2. The molecule has 0 fully saturated rings. The standard InChI is InChI=1S/C22H18FN3O3S/c1-14-2-5-18(11-19(14)23)30(28,29)17-6-3-15(4-7-17)12-25-22(27)21-10-16-13-24-9-8-20(16)26-21/h2-11,13,26H,12H2,1H3,(H,25,27). The van der Waals surface area contributed by atoms with E-state index in [4.69, 9.17) is 0 Å². The van der Waals surface area contributed by atoms with Crippen molar-refractivity contribution in [2.45, 2.75) is 23.3 Å². The molecule has 0 saturated heterocycles. The molecule has 6 nitrogen and oxygen atoms in total. The van der Waals surface area contributed by atoms with Gasteiger partial charge in [0.15, 0.2) is 0 Å². The minimum absolute atomic E-state index is 0.0592. The number of benzene rings is 2. The molecule has 0 spiro atoms. The second-order valence-corrected chi connectivity index (χ2v) is 8.84. The van der Waals surface area contributed by atoms with E-state index in [1.165, 1.54) is 24.3 Å². The van der Waals surface area contributed by atoms with Gasteiger partial charge in [-0.25, -0.2) is 12.8 Å². The Morgan fingerprint density at radius 1 is 1.07 bits per heavy atom. The third-order valence-electron chi connectivity index (χ3n) is 4.81. The highest BCUT2D eigenvalue weighted by Gasteiger charge is 2.19. The molecule has 0 aliphatic heterocycles. The molecule has 30 heavy (non-hydrogen) atoms. The van der Waals surface area contributed by atoms with Crippen molar-refractivity contribution in [3.63, 3.8) is 0 Å². The highest BCUT2D eigenvalue weighted by Crippen LogP contribution is 2.23. The zero-order chi connectivity index (χ0) is 21.3. The molecule has 1 amide bonds. The summed E-state index contributed by atoms with van der Waals surface area (Å²) in [5.41, 5.74) is 2.34. The Bertz CT molecular complexity index is 1310. The van der Waals surface area contributed by atoms with Gasteiger partial charge in [0.2, 0.25) is 9.84 Å². The predicted molar refractivity (Wildman–Crippen MR) is 110 cm³/mol. The van der Waals surface area contributed by atoms with Gasteiger partial charge in [-0.15, -0.1) is 0 Å². The molecule has 4 rings (SSSR count). The van der Waals surface area contributed by atoms with Gasteiger partial charge in [0.25, 0.3) is 5.91 Å². The summed E-state index contributed by atoms with van der Waals surface area (Å²) in [5, 5.41) is 3.63. The van der Waals surface area contributed by atoms with Crippen molar-refractivity contribution in [3.8, 4) is 0 Å². The minimum atomic E-state index is -3.82. The van der Waals surface area contributed by atoms with Crippen molar-refractivity contribution < 1.29 is 17.6 Å². The summed E-state index contributed by atoms with van der Waals surface area (Å²) >= 11 is 0. The van der Waals surface area contributed by atoms with Gasteiger partial charge < -0.3 is 10.3 Å². The summed E-state index contributed by atoms with van der Waals surface area (Å²) in [6, 6.07) is 13.5. The van der Waals surface area contributed by atoms with Gasteiger partial charge in [0, 0.05) is 29.8 Å². The third kappa shape index (κ3) is 3.81. The van der Waals surface area contributed by atoms with E-state index in [-0.39, 0.29) is 22.2 Å². The van der Waals surface area contributed by atoms with E-state index in [1.807, 2.05) is 0 Å². The second kappa shape index (κ2) is 7.72. The Hall–Kier alpha value is -3.52. The largest absolute Gasteiger partial charge is 0.350 e. The summed E-state index contributed by atoms with van der Waals surface area (Å²) in [5.74, 6) is -0.846. The summed E-state index contributed by atoms with van der Waals surface area (Å²) in [4.78, 5) is 19.4. The van der Waals surface area contributed by atoms with Crippen LogP contribution in [0.15, 0.2) is 76.8 Å². The number of sulfone groups is 1. The lowest BCUT2D eigenvalue weighted by Gasteiger charge is -2.08. The predicted octanol–water partition coefficient (Wildman–Crippen LogP) is 3.77. The topological polar surface area (TPSA) is 91.9 Å². The molecule has 0 bridgehead atoms. The first-order valence-electron chi connectivity index (χ1n) is 9.16. The van der Waals surface area contributed by atoms with Gasteiger partial charge in [-0.2, -0.15) is 0 Å². The molecule has 8 heteroatoms. The van der Waals surface area contributed by atoms with E-state index in [0.29, 0.717) is 11.3 Å². The van der Waals surface area contributed by atoms with Crippen LogP contribution in [-0.2, 0) is 16.4 Å². The van der Waals surface area contributed by atoms with Gasteiger partial charge in [0.05, 0.1) is 9.79 Å². The minimum Gasteiger partial charge on any atom is -0.350 e. The van der Waals surface area contributed by atoms with E-state index < -0.39 is 15.7 Å². The maximum Gasteiger partial charge on any atom is 0.267 e. The summed E-state index contributed by atoms with van der Waals surface area (Å²) in [6.07, 6.45) is 3.31. The van der Waals surface area contributed by atoms with Crippen molar-refractivity contribution in [2.75, 3.05) is 0 Å². The number of rotatable bonds is 5. The fourth-order valence-corrected chi connectivity index (χ4v) is 4.31. The number of aromatic nitrogens is 2. The first-order valence-corrected chi connectivity index (χ1v) is 10.6. The van der Waals surface area contributed by atoms with E-state index in [0.717, 1.165) is 22.5 Å². The Morgan fingerprint density at radius 2 is 1.80 bits per heavy atom. The number of halogens is 1. The summed E-state index contributed by atoms with van der Waals surface area (Å²) in [7, 11) is -3.82. The monoisotopic (exact) mass is 423 g/mol. The highest BCUT2D eigenvalue weighted by atomic mass is 32.2. The Kier molecular flexibility index (Phi) is 5.09. The number of nitrogens with zero attached hydrogens (tertiary/aromatic N) is 1. The van der Waals surface area contributed by atoms with E-state index >= 15 is 0 Å². The van der Waals surface area contributed by atoms with Gasteiger partial charge >= 0.3 is 0 Å². The number of pyridine rings is 1. The fourth-order valence-electron chi connectivity index (χ4n) is 3.04. The average Bonchev–Trinajstić information content (AvgIpc) is 3.18. The number of H-pyrrole nitrogens is 1. The lowest BCUT2D eigenvalue weighted by molar-refractivity contribution is 0.0946. The number of fused-ring (bicyclic) bond motifs is 1. The van der Waals surface area contributed by atoms with Crippen LogP contribution in [0.3, 0.4) is 0 Å².